The average Bonchev–Trinajstić information content (AvgIpc) is 2.81. The fourth-order valence-corrected chi connectivity index (χ4v) is 3.26. The fourth-order valence-electron chi connectivity index (χ4n) is 2.23. The van der Waals surface area contributed by atoms with Gasteiger partial charge in [-0.15, -0.1) is 11.3 Å². The van der Waals surface area contributed by atoms with E-state index in [2.05, 4.69) is 50.4 Å². The van der Waals surface area contributed by atoms with Crippen LogP contribution < -0.4 is 5.32 Å². The van der Waals surface area contributed by atoms with Gasteiger partial charge in [-0.1, -0.05) is 31.2 Å². The molecule has 4 heteroatoms. The van der Waals surface area contributed by atoms with E-state index in [1.807, 2.05) is 0 Å². The number of thiazole rings is 1. The van der Waals surface area contributed by atoms with Crippen molar-refractivity contribution in [3.63, 3.8) is 0 Å². The Balaban J connectivity index is 2.26. The molecule has 0 bridgehead atoms. The van der Waals surface area contributed by atoms with E-state index in [1.165, 1.54) is 16.0 Å². The number of benzene rings is 1. The molecule has 1 unspecified atom stereocenters. The maximum absolute atomic E-state index is 5.17. The number of aryl methyl sites for hydroxylation is 2. The summed E-state index contributed by atoms with van der Waals surface area (Å²) in [6.07, 6.45) is 1.11. The van der Waals surface area contributed by atoms with Gasteiger partial charge in [-0.2, -0.15) is 0 Å². The van der Waals surface area contributed by atoms with Crippen LogP contribution in [-0.4, -0.2) is 18.6 Å². The summed E-state index contributed by atoms with van der Waals surface area (Å²) < 4.78 is 5.17. The van der Waals surface area contributed by atoms with Crippen LogP contribution >= 0.6 is 11.3 Å². The predicted octanol–water partition coefficient (Wildman–Crippen LogP) is 4.00. The van der Waals surface area contributed by atoms with E-state index in [1.54, 1.807) is 18.4 Å². The molecule has 0 fully saturated rings. The van der Waals surface area contributed by atoms with E-state index in [-0.39, 0.29) is 6.04 Å². The Morgan fingerprint density at radius 2 is 1.95 bits per heavy atom. The summed E-state index contributed by atoms with van der Waals surface area (Å²) in [5, 5.41) is 4.76. The number of rotatable bonds is 7. The minimum absolute atomic E-state index is 0.180. The van der Waals surface area contributed by atoms with Crippen molar-refractivity contribution in [2.24, 2.45) is 0 Å². The van der Waals surface area contributed by atoms with Gasteiger partial charge in [0, 0.05) is 12.0 Å². The molecule has 1 heterocycles. The molecule has 1 atom stereocenters. The largest absolute Gasteiger partial charge is 0.380 e. The molecule has 0 aliphatic rings. The Morgan fingerprint density at radius 3 is 2.48 bits per heavy atom. The van der Waals surface area contributed by atoms with E-state index in [4.69, 9.17) is 9.72 Å². The molecule has 0 spiro atoms. The molecule has 1 aromatic heterocycles. The molecule has 0 aliphatic carbocycles. The van der Waals surface area contributed by atoms with Crippen LogP contribution in [0.5, 0.6) is 0 Å². The van der Waals surface area contributed by atoms with Gasteiger partial charge in [-0.25, -0.2) is 4.98 Å². The van der Waals surface area contributed by atoms with Gasteiger partial charge < -0.3 is 10.1 Å². The van der Waals surface area contributed by atoms with E-state index < -0.39 is 0 Å². The lowest BCUT2D eigenvalue weighted by atomic mass is 10.1. The number of aromatic nitrogens is 1. The van der Waals surface area contributed by atoms with Crippen molar-refractivity contribution in [1.82, 2.24) is 10.3 Å². The van der Waals surface area contributed by atoms with Crippen molar-refractivity contribution in [3.05, 3.63) is 51.0 Å². The van der Waals surface area contributed by atoms with Crippen LogP contribution in [0.4, 0.5) is 0 Å². The summed E-state index contributed by atoms with van der Waals surface area (Å²) in [5.41, 5.74) is 3.59. The highest BCUT2D eigenvalue weighted by molar-refractivity contribution is 7.11. The van der Waals surface area contributed by atoms with E-state index in [0.717, 1.165) is 23.7 Å². The minimum Gasteiger partial charge on any atom is -0.380 e. The molecule has 0 amide bonds. The van der Waals surface area contributed by atoms with Gasteiger partial charge in [0.1, 0.15) is 5.01 Å². The molecule has 0 aliphatic heterocycles. The molecule has 2 aromatic rings. The Kier molecular flexibility index (Phi) is 5.91. The summed E-state index contributed by atoms with van der Waals surface area (Å²) in [5.74, 6) is 0. The third kappa shape index (κ3) is 4.13. The second-order valence-corrected chi connectivity index (χ2v) is 6.49. The monoisotopic (exact) mass is 304 g/mol. The van der Waals surface area contributed by atoms with Crippen molar-refractivity contribution in [2.75, 3.05) is 13.7 Å². The first-order valence-corrected chi connectivity index (χ1v) is 8.22. The van der Waals surface area contributed by atoms with Gasteiger partial charge in [0.25, 0.3) is 0 Å². The van der Waals surface area contributed by atoms with Crippen molar-refractivity contribution < 1.29 is 4.74 Å². The molecule has 2 rings (SSSR count). The summed E-state index contributed by atoms with van der Waals surface area (Å²) >= 11 is 1.78. The van der Waals surface area contributed by atoms with E-state index in [9.17, 15) is 0 Å². The molecule has 21 heavy (non-hydrogen) atoms. The average molecular weight is 304 g/mol. The Morgan fingerprint density at radius 1 is 1.24 bits per heavy atom. The van der Waals surface area contributed by atoms with Gasteiger partial charge in [0.15, 0.2) is 0 Å². The van der Waals surface area contributed by atoms with Crippen LogP contribution in [0.15, 0.2) is 24.3 Å². The van der Waals surface area contributed by atoms with E-state index >= 15 is 0 Å². The Bertz CT molecular complexity index is 543. The normalized spacial score (nSPS) is 12.6. The van der Waals surface area contributed by atoms with Gasteiger partial charge >= 0.3 is 0 Å². The molecule has 114 valence electrons. The summed E-state index contributed by atoms with van der Waals surface area (Å²) in [4.78, 5) is 6.03. The molecular formula is C17H24N2OS. The number of methoxy groups -OCH3 is 1. The first kappa shape index (κ1) is 16.1. The van der Waals surface area contributed by atoms with Crippen LogP contribution in [-0.2, 0) is 11.3 Å². The molecule has 3 nitrogen and oxygen atoms in total. The van der Waals surface area contributed by atoms with Crippen LogP contribution in [0.2, 0.25) is 0 Å². The Hall–Kier alpha value is -1.23. The number of hydrogen-bond acceptors (Lipinski definition) is 4. The molecule has 0 radical (unpaired) electrons. The first-order valence-electron chi connectivity index (χ1n) is 7.40. The minimum atomic E-state index is 0.180. The standard InChI is InChI=1S/C17H24N2OS/c1-5-10-18-16(17-19-12(2)13(3)21-17)15-8-6-14(7-9-15)11-20-4/h6-9,16,18H,5,10-11H2,1-4H3. The second kappa shape index (κ2) is 7.69. The zero-order valence-electron chi connectivity index (χ0n) is 13.3. The highest BCUT2D eigenvalue weighted by Crippen LogP contribution is 2.28. The SMILES string of the molecule is CCCNC(c1ccc(COC)cc1)c1nc(C)c(C)s1. The van der Waals surface area contributed by atoms with Crippen molar-refractivity contribution in [1.29, 1.82) is 0 Å². The van der Waals surface area contributed by atoms with Crippen LogP contribution in [0.1, 0.15) is 46.1 Å². The van der Waals surface area contributed by atoms with Crippen molar-refractivity contribution in [3.8, 4) is 0 Å². The lowest BCUT2D eigenvalue weighted by molar-refractivity contribution is 0.185. The lowest BCUT2D eigenvalue weighted by Gasteiger charge is -2.17. The second-order valence-electron chi connectivity index (χ2n) is 5.26. The van der Waals surface area contributed by atoms with Crippen molar-refractivity contribution in [2.45, 2.75) is 39.8 Å². The zero-order valence-corrected chi connectivity index (χ0v) is 14.1. The maximum atomic E-state index is 5.17. The number of nitrogens with one attached hydrogen (secondary N) is 1. The smallest absolute Gasteiger partial charge is 0.115 e. The zero-order chi connectivity index (χ0) is 15.2. The number of nitrogens with zero attached hydrogens (tertiary/aromatic N) is 1. The number of hydrogen-bond donors (Lipinski definition) is 1. The Labute approximate surface area is 131 Å². The highest BCUT2D eigenvalue weighted by Gasteiger charge is 2.18. The fraction of sp³-hybridized carbons (Fsp3) is 0.471. The maximum Gasteiger partial charge on any atom is 0.115 e. The first-order chi connectivity index (χ1) is 10.2. The predicted molar refractivity (Wildman–Crippen MR) is 88.9 cm³/mol. The van der Waals surface area contributed by atoms with Crippen LogP contribution in [0, 0.1) is 13.8 Å². The van der Waals surface area contributed by atoms with Crippen LogP contribution in [0.3, 0.4) is 0 Å². The van der Waals surface area contributed by atoms with Gasteiger partial charge in [0.2, 0.25) is 0 Å². The molecule has 1 N–H and O–H groups in total. The van der Waals surface area contributed by atoms with E-state index in [0.29, 0.717) is 6.61 Å². The summed E-state index contributed by atoms with van der Waals surface area (Å²) in [6.45, 7) is 8.04. The summed E-state index contributed by atoms with van der Waals surface area (Å²) in [7, 11) is 1.72. The molecular weight excluding hydrogens is 280 g/mol. The summed E-state index contributed by atoms with van der Waals surface area (Å²) in [6, 6.07) is 8.79. The molecule has 0 saturated carbocycles. The van der Waals surface area contributed by atoms with Gasteiger partial charge in [-0.05, 0) is 37.9 Å². The highest BCUT2D eigenvalue weighted by atomic mass is 32.1. The van der Waals surface area contributed by atoms with Crippen LogP contribution in [0.25, 0.3) is 0 Å². The molecule has 1 aromatic carbocycles. The number of ether oxygens (including phenoxy) is 1. The molecule has 0 saturated heterocycles. The lowest BCUT2D eigenvalue weighted by Crippen LogP contribution is -2.23. The third-order valence-electron chi connectivity index (χ3n) is 3.51. The van der Waals surface area contributed by atoms with Gasteiger partial charge in [0.05, 0.1) is 18.3 Å². The topological polar surface area (TPSA) is 34.1 Å². The third-order valence-corrected chi connectivity index (χ3v) is 4.65. The van der Waals surface area contributed by atoms with Gasteiger partial charge in [-0.3, -0.25) is 0 Å². The quantitative estimate of drug-likeness (QED) is 0.839. The van der Waals surface area contributed by atoms with Crippen molar-refractivity contribution >= 4 is 11.3 Å².